The Morgan fingerprint density at radius 2 is 1.89 bits per heavy atom. The molecule has 3 N–H and O–H groups in total. The second-order valence-electron chi connectivity index (χ2n) is 6.62. The molecule has 0 bridgehead atoms. The Morgan fingerprint density at radius 1 is 1.15 bits per heavy atom. The van der Waals surface area contributed by atoms with Crippen LogP contribution in [-0.2, 0) is 6.54 Å². The second kappa shape index (κ2) is 8.07. The maximum atomic E-state index is 13.8. The van der Waals surface area contributed by atoms with Crippen molar-refractivity contribution < 1.29 is 19.1 Å². The molecule has 0 aromatic heterocycles. The zero-order chi connectivity index (χ0) is 19.4. The van der Waals surface area contributed by atoms with Crippen LogP contribution in [0, 0.1) is 12.7 Å². The van der Waals surface area contributed by atoms with Crippen molar-refractivity contribution in [1.29, 1.82) is 0 Å². The number of benzene rings is 2. The number of hydrogen-bond acceptors (Lipinski definition) is 3. The van der Waals surface area contributed by atoms with Gasteiger partial charge in [0.1, 0.15) is 5.82 Å². The lowest BCUT2D eigenvalue weighted by Gasteiger charge is -2.21. The van der Waals surface area contributed by atoms with Crippen LogP contribution in [-0.4, -0.2) is 30.2 Å². The van der Waals surface area contributed by atoms with Gasteiger partial charge in [0.2, 0.25) is 0 Å². The van der Waals surface area contributed by atoms with Gasteiger partial charge in [-0.25, -0.2) is 9.18 Å². The molecule has 142 valence electrons. The Hall–Kier alpha value is -3.09. The van der Waals surface area contributed by atoms with Crippen molar-refractivity contribution >= 4 is 23.4 Å². The fourth-order valence-electron chi connectivity index (χ4n) is 3.27. The molecule has 1 saturated heterocycles. The molecular weight excluding hydrogens is 349 g/mol. The first kappa shape index (κ1) is 18.7. The first-order valence-electron chi connectivity index (χ1n) is 8.86. The minimum absolute atomic E-state index is 0.188. The van der Waals surface area contributed by atoms with E-state index in [1.165, 1.54) is 12.1 Å². The monoisotopic (exact) mass is 371 g/mol. The number of nitrogens with one attached hydrogen (secondary N) is 2. The molecule has 0 atom stereocenters. The molecule has 0 saturated carbocycles. The highest BCUT2D eigenvalue weighted by Crippen LogP contribution is 2.27. The number of nitrogens with zero attached hydrogens (tertiary/aromatic N) is 1. The number of aryl methyl sites for hydroxylation is 1. The van der Waals surface area contributed by atoms with Gasteiger partial charge < -0.3 is 20.6 Å². The van der Waals surface area contributed by atoms with Crippen LogP contribution in [0.3, 0.4) is 0 Å². The molecule has 27 heavy (non-hydrogen) atoms. The fraction of sp³-hybridized carbons (Fsp3) is 0.300. The van der Waals surface area contributed by atoms with Gasteiger partial charge in [-0.05, 0) is 55.2 Å². The Kier molecular flexibility index (Phi) is 5.59. The topological polar surface area (TPSA) is 81.7 Å². The number of halogens is 1. The number of amides is 2. The molecule has 1 fully saturated rings. The summed E-state index contributed by atoms with van der Waals surface area (Å²) in [6.07, 6.45) is 1.03. The SMILES string of the molecule is Cc1cc(CNC(=O)O)ccc1NC(=O)c1cc(F)ccc1N1CCCC1. The highest BCUT2D eigenvalue weighted by molar-refractivity contribution is 6.08. The van der Waals surface area contributed by atoms with E-state index >= 15 is 0 Å². The molecule has 2 aromatic carbocycles. The molecule has 1 aliphatic heterocycles. The highest BCUT2D eigenvalue weighted by atomic mass is 19.1. The average molecular weight is 371 g/mol. The number of anilines is 2. The van der Waals surface area contributed by atoms with Gasteiger partial charge in [-0.15, -0.1) is 0 Å². The minimum atomic E-state index is -1.09. The second-order valence-corrected chi connectivity index (χ2v) is 6.62. The van der Waals surface area contributed by atoms with Crippen LogP contribution in [0.5, 0.6) is 0 Å². The number of rotatable bonds is 5. The lowest BCUT2D eigenvalue weighted by Crippen LogP contribution is -2.23. The normalized spacial score (nSPS) is 13.5. The van der Waals surface area contributed by atoms with Gasteiger partial charge in [0.25, 0.3) is 5.91 Å². The summed E-state index contributed by atoms with van der Waals surface area (Å²) in [4.78, 5) is 25.5. The highest BCUT2D eigenvalue weighted by Gasteiger charge is 2.20. The van der Waals surface area contributed by atoms with E-state index in [1.54, 1.807) is 24.3 Å². The molecule has 2 amide bonds. The summed E-state index contributed by atoms with van der Waals surface area (Å²) < 4.78 is 13.8. The van der Waals surface area contributed by atoms with Gasteiger partial charge in [0.05, 0.1) is 5.56 Å². The molecule has 0 radical (unpaired) electrons. The predicted octanol–water partition coefficient (Wildman–Crippen LogP) is 3.75. The largest absolute Gasteiger partial charge is 0.465 e. The lowest BCUT2D eigenvalue weighted by atomic mass is 10.1. The third-order valence-electron chi connectivity index (χ3n) is 4.63. The molecule has 1 heterocycles. The Balaban J connectivity index is 1.79. The maximum Gasteiger partial charge on any atom is 0.404 e. The molecule has 2 aromatic rings. The van der Waals surface area contributed by atoms with Crippen molar-refractivity contribution in [2.45, 2.75) is 26.3 Å². The standard InChI is InChI=1S/C20H22FN3O3/c1-13-10-14(12-22-20(26)27)4-6-17(13)23-19(25)16-11-15(21)5-7-18(16)24-8-2-3-9-24/h4-7,10-11,22H,2-3,8-9,12H2,1H3,(H,23,25)(H,26,27). The molecule has 0 aliphatic carbocycles. The fourth-order valence-corrected chi connectivity index (χ4v) is 3.27. The Bertz CT molecular complexity index is 864. The van der Waals surface area contributed by atoms with Gasteiger partial charge in [0, 0.05) is 31.0 Å². The Morgan fingerprint density at radius 3 is 2.56 bits per heavy atom. The van der Waals surface area contributed by atoms with Crippen molar-refractivity contribution in [3.63, 3.8) is 0 Å². The maximum absolute atomic E-state index is 13.8. The summed E-state index contributed by atoms with van der Waals surface area (Å²) in [5.74, 6) is -0.814. The van der Waals surface area contributed by atoms with E-state index in [1.807, 2.05) is 6.92 Å². The average Bonchev–Trinajstić information content (AvgIpc) is 3.16. The third-order valence-corrected chi connectivity index (χ3v) is 4.63. The van der Waals surface area contributed by atoms with E-state index in [0.29, 0.717) is 11.3 Å². The van der Waals surface area contributed by atoms with E-state index in [4.69, 9.17) is 5.11 Å². The van der Waals surface area contributed by atoms with E-state index < -0.39 is 11.9 Å². The number of carbonyl (C=O) groups excluding carboxylic acids is 1. The summed E-state index contributed by atoms with van der Waals surface area (Å²) in [5, 5.41) is 13.8. The molecule has 3 rings (SSSR count). The van der Waals surface area contributed by atoms with Crippen LogP contribution in [0.1, 0.15) is 34.3 Å². The van der Waals surface area contributed by atoms with Crippen LogP contribution >= 0.6 is 0 Å². The van der Waals surface area contributed by atoms with Crippen LogP contribution < -0.4 is 15.5 Å². The summed E-state index contributed by atoms with van der Waals surface area (Å²) in [5.41, 5.74) is 3.25. The van der Waals surface area contributed by atoms with Crippen molar-refractivity contribution in [2.75, 3.05) is 23.3 Å². The molecular formula is C20H22FN3O3. The van der Waals surface area contributed by atoms with E-state index in [2.05, 4.69) is 15.5 Å². The van der Waals surface area contributed by atoms with Gasteiger partial charge in [-0.1, -0.05) is 12.1 Å². The first-order chi connectivity index (χ1) is 12.9. The van der Waals surface area contributed by atoms with Gasteiger partial charge in [-0.3, -0.25) is 4.79 Å². The quantitative estimate of drug-likeness (QED) is 0.748. The van der Waals surface area contributed by atoms with E-state index in [9.17, 15) is 14.0 Å². The summed E-state index contributed by atoms with van der Waals surface area (Å²) in [6.45, 7) is 3.73. The zero-order valence-electron chi connectivity index (χ0n) is 15.1. The predicted molar refractivity (Wildman–Crippen MR) is 102 cm³/mol. The third kappa shape index (κ3) is 4.55. The number of carboxylic acid groups (broad SMARTS) is 1. The van der Waals surface area contributed by atoms with Crippen molar-refractivity contribution in [3.8, 4) is 0 Å². The smallest absolute Gasteiger partial charge is 0.404 e. The molecule has 0 unspecified atom stereocenters. The summed E-state index contributed by atoms with van der Waals surface area (Å²) in [6, 6.07) is 9.57. The van der Waals surface area contributed by atoms with E-state index in [0.717, 1.165) is 42.7 Å². The lowest BCUT2D eigenvalue weighted by molar-refractivity contribution is 0.102. The molecule has 0 spiro atoms. The van der Waals surface area contributed by atoms with Crippen LogP contribution in [0.15, 0.2) is 36.4 Å². The van der Waals surface area contributed by atoms with E-state index in [-0.39, 0.29) is 12.5 Å². The molecule has 6 nitrogen and oxygen atoms in total. The first-order valence-corrected chi connectivity index (χ1v) is 8.86. The van der Waals surface area contributed by atoms with Gasteiger partial charge >= 0.3 is 6.09 Å². The molecule has 1 aliphatic rings. The van der Waals surface area contributed by atoms with Crippen LogP contribution in [0.4, 0.5) is 20.6 Å². The van der Waals surface area contributed by atoms with Crippen molar-refractivity contribution in [1.82, 2.24) is 5.32 Å². The minimum Gasteiger partial charge on any atom is -0.465 e. The van der Waals surface area contributed by atoms with Crippen molar-refractivity contribution in [3.05, 3.63) is 58.9 Å². The number of carbonyl (C=O) groups is 2. The van der Waals surface area contributed by atoms with Crippen LogP contribution in [0.25, 0.3) is 0 Å². The molecule has 7 heteroatoms. The Labute approximate surface area is 157 Å². The summed E-state index contributed by atoms with van der Waals surface area (Å²) in [7, 11) is 0. The summed E-state index contributed by atoms with van der Waals surface area (Å²) >= 11 is 0. The van der Waals surface area contributed by atoms with Gasteiger partial charge in [-0.2, -0.15) is 0 Å². The van der Waals surface area contributed by atoms with Crippen LogP contribution in [0.2, 0.25) is 0 Å². The number of hydrogen-bond donors (Lipinski definition) is 3. The van der Waals surface area contributed by atoms with Gasteiger partial charge in [0.15, 0.2) is 0 Å². The zero-order valence-corrected chi connectivity index (χ0v) is 15.1. The van der Waals surface area contributed by atoms with Crippen molar-refractivity contribution in [2.24, 2.45) is 0 Å².